The third-order valence-electron chi connectivity index (χ3n) is 5.16. The Bertz CT molecular complexity index is 1530. The van der Waals surface area contributed by atoms with Crippen molar-refractivity contribution in [1.29, 1.82) is 0 Å². The van der Waals surface area contributed by atoms with Crippen molar-refractivity contribution < 1.29 is 21.6 Å². The molecular weight excluding hydrogens is 437 g/mol. The van der Waals surface area contributed by atoms with Gasteiger partial charge in [-0.3, -0.25) is 9.13 Å². The molecule has 0 saturated heterocycles. The molecule has 9 nitrogen and oxygen atoms in total. The van der Waals surface area contributed by atoms with Gasteiger partial charge < -0.3 is 4.57 Å². The average molecular weight is 454 g/mol. The zero-order chi connectivity index (χ0) is 22.9. The molecule has 164 valence electrons. The minimum Gasteiger partial charge on any atom is -0.310 e. The standard InChI is InChI=1S/C18H17F3N6O3S/c1-5-31(29,30)12-7-11-15(27(4)17(28)25(11)2)24-13(12)16-23-10-6-9(18(19,20)21)8-22-14(10)26(16)3/h6-8H,5H2,1-4H3. The number of nitrogens with zero attached hydrogens (tertiary/aromatic N) is 6. The molecule has 0 spiro atoms. The van der Waals surface area contributed by atoms with Crippen LogP contribution in [0.4, 0.5) is 13.2 Å². The van der Waals surface area contributed by atoms with E-state index in [1.807, 2.05) is 0 Å². The zero-order valence-electron chi connectivity index (χ0n) is 16.9. The van der Waals surface area contributed by atoms with E-state index < -0.39 is 27.3 Å². The van der Waals surface area contributed by atoms with Crippen molar-refractivity contribution in [3.05, 3.63) is 34.4 Å². The SMILES string of the molecule is CCS(=O)(=O)c1cc2c(nc1-c1nc3cc(C(F)(F)F)cnc3n1C)n(C)c(=O)n2C. The molecule has 0 unspecified atom stereocenters. The topological polar surface area (TPSA) is 105 Å². The molecule has 4 aromatic heterocycles. The fourth-order valence-corrected chi connectivity index (χ4v) is 4.42. The number of aromatic nitrogens is 6. The Labute approximate surface area is 173 Å². The number of hydrogen-bond acceptors (Lipinski definition) is 6. The molecule has 0 radical (unpaired) electrons. The van der Waals surface area contributed by atoms with Gasteiger partial charge in [0.25, 0.3) is 0 Å². The van der Waals surface area contributed by atoms with Crippen molar-refractivity contribution in [2.45, 2.75) is 18.0 Å². The van der Waals surface area contributed by atoms with Crippen LogP contribution in [0.5, 0.6) is 0 Å². The Morgan fingerprint density at radius 2 is 1.68 bits per heavy atom. The number of rotatable bonds is 3. The van der Waals surface area contributed by atoms with Crippen LogP contribution in [0.2, 0.25) is 0 Å². The second-order valence-corrected chi connectivity index (χ2v) is 9.29. The lowest BCUT2D eigenvalue weighted by Gasteiger charge is -2.10. The third-order valence-corrected chi connectivity index (χ3v) is 6.91. The second kappa shape index (κ2) is 6.64. The summed E-state index contributed by atoms with van der Waals surface area (Å²) in [4.78, 5) is 24.6. The van der Waals surface area contributed by atoms with E-state index in [0.717, 1.165) is 6.07 Å². The first-order valence-corrected chi connectivity index (χ1v) is 10.7. The highest BCUT2D eigenvalue weighted by molar-refractivity contribution is 7.91. The molecular formula is C18H17F3N6O3S. The minimum atomic E-state index is -4.60. The molecule has 4 aromatic rings. The summed E-state index contributed by atoms with van der Waals surface area (Å²) in [6.45, 7) is 1.46. The Hall–Kier alpha value is -3.22. The molecule has 31 heavy (non-hydrogen) atoms. The van der Waals surface area contributed by atoms with Crippen molar-refractivity contribution in [1.82, 2.24) is 28.7 Å². The Kier molecular flexibility index (Phi) is 4.50. The fraction of sp³-hybridized carbons (Fsp3) is 0.333. The molecule has 0 amide bonds. The van der Waals surface area contributed by atoms with Gasteiger partial charge in [0, 0.05) is 27.3 Å². The Balaban J connectivity index is 2.10. The molecule has 0 bridgehead atoms. The van der Waals surface area contributed by atoms with Gasteiger partial charge in [-0.25, -0.2) is 28.2 Å². The number of imidazole rings is 2. The number of sulfone groups is 1. The quantitative estimate of drug-likeness (QED) is 0.469. The van der Waals surface area contributed by atoms with E-state index in [0.29, 0.717) is 11.7 Å². The molecule has 0 aliphatic carbocycles. The molecule has 0 aliphatic heterocycles. The van der Waals surface area contributed by atoms with E-state index in [9.17, 15) is 26.4 Å². The highest BCUT2D eigenvalue weighted by Gasteiger charge is 2.32. The third kappa shape index (κ3) is 3.10. The van der Waals surface area contributed by atoms with Crippen molar-refractivity contribution in [3.8, 4) is 11.5 Å². The number of fused-ring (bicyclic) bond motifs is 2. The van der Waals surface area contributed by atoms with Crippen LogP contribution in [0, 0.1) is 0 Å². The first-order chi connectivity index (χ1) is 14.4. The van der Waals surface area contributed by atoms with Crippen molar-refractivity contribution in [2.24, 2.45) is 21.1 Å². The van der Waals surface area contributed by atoms with E-state index in [1.165, 1.54) is 47.8 Å². The van der Waals surface area contributed by atoms with Gasteiger partial charge in [-0.05, 0) is 12.1 Å². The van der Waals surface area contributed by atoms with Gasteiger partial charge in [0.2, 0.25) is 0 Å². The maximum Gasteiger partial charge on any atom is 0.417 e. The van der Waals surface area contributed by atoms with Crippen LogP contribution in [0.3, 0.4) is 0 Å². The van der Waals surface area contributed by atoms with E-state index in [2.05, 4.69) is 15.0 Å². The highest BCUT2D eigenvalue weighted by Crippen LogP contribution is 2.33. The Morgan fingerprint density at radius 1 is 1.00 bits per heavy atom. The predicted molar refractivity (Wildman–Crippen MR) is 106 cm³/mol. The van der Waals surface area contributed by atoms with Crippen LogP contribution in [0.1, 0.15) is 12.5 Å². The lowest BCUT2D eigenvalue weighted by atomic mass is 10.2. The van der Waals surface area contributed by atoms with Gasteiger partial charge in [0.1, 0.15) is 11.2 Å². The minimum absolute atomic E-state index is 0.0204. The van der Waals surface area contributed by atoms with Crippen LogP contribution >= 0.6 is 0 Å². The summed E-state index contributed by atoms with van der Waals surface area (Å²) in [7, 11) is 0.668. The molecule has 4 rings (SSSR count). The van der Waals surface area contributed by atoms with Gasteiger partial charge in [-0.15, -0.1) is 0 Å². The maximum absolute atomic E-state index is 13.1. The summed E-state index contributed by atoms with van der Waals surface area (Å²) in [5.74, 6) is -0.221. The van der Waals surface area contributed by atoms with Crippen LogP contribution < -0.4 is 5.69 Å². The van der Waals surface area contributed by atoms with E-state index in [-0.39, 0.29) is 39.0 Å². The van der Waals surface area contributed by atoms with Gasteiger partial charge in [0.05, 0.1) is 21.7 Å². The molecule has 13 heteroatoms. The number of aryl methyl sites for hydroxylation is 3. The predicted octanol–water partition coefficient (Wildman–Crippen LogP) is 2.03. The van der Waals surface area contributed by atoms with Gasteiger partial charge in [-0.2, -0.15) is 13.2 Å². The molecule has 0 aliphatic rings. The smallest absolute Gasteiger partial charge is 0.310 e. The van der Waals surface area contributed by atoms with Crippen LogP contribution in [-0.4, -0.2) is 42.8 Å². The molecule has 0 atom stereocenters. The summed E-state index contributed by atoms with van der Waals surface area (Å²) in [5.41, 5.74) is -0.846. The van der Waals surface area contributed by atoms with Crippen molar-refractivity contribution in [3.63, 3.8) is 0 Å². The molecule has 0 fully saturated rings. The number of alkyl halides is 3. The summed E-state index contributed by atoms with van der Waals surface area (Å²) < 4.78 is 68.7. The van der Waals surface area contributed by atoms with Crippen molar-refractivity contribution >= 4 is 32.2 Å². The average Bonchev–Trinajstić information content (AvgIpc) is 3.16. The normalized spacial score (nSPS) is 12.9. The van der Waals surface area contributed by atoms with Gasteiger partial charge in [0.15, 0.2) is 27.0 Å². The van der Waals surface area contributed by atoms with E-state index in [4.69, 9.17) is 0 Å². The van der Waals surface area contributed by atoms with Crippen LogP contribution in [0.25, 0.3) is 33.8 Å². The first kappa shape index (κ1) is 21.0. The molecule has 4 heterocycles. The molecule has 0 saturated carbocycles. The van der Waals surface area contributed by atoms with Crippen LogP contribution in [-0.2, 0) is 37.2 Å². The summed E-state index contributed by atoms with van der Waals surface area (Å²) in [6.07, 6.45) is -3.91. The lowest BCUT2D eigenvalue weighted by molar-refractivity contribution is -0.137. The lowest BCUT2D eigenvalue weighted by Crippen LogP contribution is -2.19. The number of pyridine rings is 2. The molecule has 0 aromatic carbocycles. The number of hydrogen-bond donors (Lipinski definition) is 0. The number of halogens is 3. The van der Waals surface area contributed by atoms with E-state index in [1.54, 1.807) is 0 Å². The molecule has 0 N–H and O–H groups in total. The summed E-state index contributed by atoms with van der Waals surface area (Å²) >= 11 is 0. The van der Waals surface area contributed by atoms with Gasteiger partial charge in [-0.1, -0.05) is 6.92 Å². The first-order valence-electron chi connectivity index (χ1n) is 9.06. The zero-order valence-corrected chi connectivity index (χ0v) is 17.7. The largest absolute Gasteiger partial charge is 0.417 e. The Morgan fingerprint density at radius 3 is 2.29 bits per heavy atom. The van der Waals surface area contributed by atoms with E-state index >= 15 is 0 Å². The summed E-state index contributed by atoms with van der Waals surface area (Å²) in [5, 5.41) is 0. The second-order valence-electron chi connectivity index (χ2n) is 7.04. The summed E-state index contributed by atoms with van der Waals surface area (Å²) in [6, 6.07) is 2.18. The maximum atomic E-state index is 13.1. The van der Waals surface area contributed by atoms with Crippen molar-refractivity contribution in [2.75, 3.05) is 5.75 Å². The highest BCUT2D eigenvalue weighted by atomic mass is 32.2. The fourth-order valence-electron chi connectivity index (χ4n) is 3.38. The monoisotopic (exact) mass is 454 g/mol. The van der Waals surface area contributed by atoms with Crippen LogP contribution in [0.15, 0.2) is 28.0 Å². The van der Waals surface area contributed by atoms with Gasteiger partial charge >= 0.3 is 11.9 Å².